The Bertz CT molecular complexity index is 331. The minimum absolute atomic E-state index is 0.172. The van der Waals surface area contributed by atoms with Gasteiger partial charge in [0.25, 0.3) is 5.56 Å². The van der Waals surface area contributed by atoms with E-state index in [1.807, 2.05) is 6.92 Å². The smallest absolute Gasteiger partial charge is 0.257 e. The van der Waals surface area contributed by atoms with Crippen LogP contribution in [0.3, 0.4) is 0 Å². The third-order valence-electron chi connectivity index (χ3n) is 1.64. The van der Waals surface area contributed by atoms with Crippen molar-refractivity contribution in [2.24, 2.45) is 0 Å². The van der Waals surface area contributed by atoms with Crippen LogP contribution in [-0.2, 0) is 6.42 Å². The topological polar surface area (TPSA) is 83.8 Å². The summed E-state index contributed by atoms with van der Waals surface area (Å²) in [4.78, 5) is 17.7. The summed E-state index contributed by atoms with van der Waals surface area (Å²) in [5.74, 6) is 0.695. The van der Waals surface area contributed by atoms with Crippen LogP contribution in [0.1, 0.15) is 12.5 Å². The Morgan fingerprint density at radius 2 is 2.33 bits per heavy atom. The van der Waals surface area contributed by atoms with E-state index in [1.165, 1.54) is 0 Å². The lowest BCUT2D eigenvalue weighted by Gasteiger charge is -2.03. The maximum absolute atomic E-state index is 11.2. The lowest BCUT2D eigenvalue weighted by Crippen LogP contribution is -2.18. The van der Waals surface area contributed by atoms with Crippen molar-refractivity contribution in [1.82, 2.24) is 9.97 Å². The second-order valence-corrected chi connectivity index (χ2v) is 2.38. The van der Waals surface area contributed by atoms with Gasteiger partial charge in [0, 0.05) is 7.05 Å². The predicted molar refractivity (Wildman–Crippen MR) is 48.2 cm³/mol. The normalized spacial score (nSPS) is 9.83. The number of H-pyrrole nitrogens is 1. The Morgan fingerprint density at radius 1 is 1.67 bits per heavy atom. The highest BCUT2D eigenvalue weighted by atomic mass is 16.1. The molecule has 0 fully saturated rings. The molecule has 0 saturated carbocycles. The molecule has 0 spiro atoms. The van der Waals surface area contributed by atoms with Crippen molar-refractivity contribution in [2.75, 3.05) is 18.1 Å². The van der Waals surface area contributed by atoms with Crippen molar-refractivity contribution in [1.29, 1.82) is 0 Å². The maximum atomic E-state index is 11.2. The summed E-state index contributed by atoms with van der Waals surface area (Å²) in [5, 5.41) is 2.71. The van der Waals surface area contributed by atoms with Gasteiger partial charge in [0.1, 0.15) is 5.82 Å². The van der Waals surface area contributed by atoms with Gasteiger partial charge < -0.3 is 11.1 Å². The van der Waals surface area contributed by atoms with Crippen LogP contribution in [0.4, 0.5) is 11.8 Å². The molecule has 0 unspecified atom stereocenters. The summed E-state index contributed by atoms with van der Waals surface area (Å²) in [6.45, 7) is 1.86. The molecule has 4 N–H and O–H groups in total. The number of aromatic amines is 1. The molecule has 0 atom stereocenters. The number of aromatic nitrogens is 2. The van der Waals surface area contributed by atoms with Crippen molar-refractivity contribution in [3.8, 4) is 0 Å². The lowest BCUT2D eigenvalue weighted by atomic mass is 10.2. The van der Waals surface area contributed by atoms with Crippen molar-refractivity contribution >= 4 is 11.8 Å². The monoisotopic (exact) mass is 168 g/mol. The summed E-state index contributed by atoms with van der Waals surface area (Å²) < 4.78 is 0. The van der Waals surface area contributed by atoms with Crippen LogP contribution >= 0.6 is 0 Å². The Kier molecular flexibility index (Phi) is 2.32. The fourth-order valence-electron chi connectivity index (χ4n) is 0.975. The largest absolute Gasteiger partial charge is 0.383 e. The fourth-order valence-corrected chi connectivity index (χ4v) is 0.975. The van der Waals surface area contributed by atoms with Gasteiger partial charge in [0.2, 0.25) is 5.95 Å². The molecule has 0 bridgehead atoms. The lowest BCUT2D eigenvalue weighted by molar-refractivity contribution is 1.01. The molecule has 1 heterocycles. The summed E-state index contributed by atoms with van der Waals surface area (Å²) >= 11 is 0. The molecule has 0 saturated heterocycles. The van der Waals surface area contributed by atoms with Gasteiger partial charge >= 0.3 is 0 Å². The highest BCUT2D eigenvalue weighted by molar-refractivity contribution is 5.42. The average Bonchev–Trinajstić information content (AvgIpc) is 2.03. The van der Waals surface area contributed by atoms with E-state index in [-0.39, 0.29) is 5.56 Å². The highest BCUT2D eigenvalue weighted by Crippen LogP contribution is 2.04. The van der Waals surface area contributed by atoms with E-state index in [0.29, 0.717) is 23.8 Å². The highest BCUT2D eigenvalue weighted by Gasteiger charge is 2.04. The zero-order chi connectivity index (χ0) is 9.14. The van der Waals surface area contributed by atoms with E-state index in [4.69, 9.17) is 5.73 Å². The van der Waals surface area contributed by atoms with Gasteiger partial charge in [-0.2, -0.15) is 4.98 Å². The minimum atomic E-state index is -0.172. The fraction of sp³-hybridized carbons (Fsp3) is 0.429. The Morgan fingerprint density at radius 3 is 2.75 bits per heavy atom. The molecule has 5 nitrogen and oxygen atoms in total. The van der Waals surface area contributed by atoms with E-state index in [2.05, 4.69) is 15.3 Å². The minimum Gasteiger partial charge on any atom is -0.383 e. The Labute approximate surface area is 70.0 Å². The predicted octanol–water partition coefficient (Wildman–Crippen LogP) is -0.0438. The van der Waals surface area contributed by atoms with Gasteiger partial charge in [-0.3, -0.25) is 9.78 Å². The molecule has 0 aromatic carbocycles. The van der Waals surface area contributed by atoms with Gasteiger partial charge in [-0.1, -0.05) is 6.92 Å². The van der Waals surface area contributed by atoms with Crippen LogP contribution in [0.5, 0.6) is 0 Å². The number of rotatable bonds is 2. The third kappa shape index (κ3) is 1.39. The first-order chi connectivity index (χ1) is 5.69. The quantitative estimate of drug-likeness (QED) is 0.578. The van der Waals surface area contributed by atoms with E-state index in [1.54, 1.807) is 7.05 Å². The summed E-state index contributed by atoms with van der Waals surface area (Å²) in [5.41, 5.74) is 5.90. The Balaban J connectivity index is 3.28. The van der Waals surface area contributed by atoms with Crippen LogP contribution in [0.2, 0.25) is 0 Å². The van der Waals surface area contributed by atoms with Gasteiger partial charge in [0.05, 0.1) is 5.56 Å². The van der Waals surface area contributed by atoms with Crippen LogP contribution in [-0.4, -0.2) is 17.0 Å². The van der Waals surface area contributed by atoms with Crippen molar-refractivity contribution < 1.29 is 0 Å². The van der Waals surface area contributed by atoms with Gasteiger partial charge in [-0.15, -0.1) is 0 Å². The van der Waals surface area contributed by atoms with E-state index in [0.717, 1.165) is 0 Å². The molecule has 0 amide bonds. The molecule has 5 heteroatoms. The molecular weight excluding hydrogens is 156 g/mol. The number of nitrogens with zero attached hydrogens (tertiary/aromatic N) is 1. The summed E-state index contributed by atoms with van der Waals surface area (Å²) in [6, 6.07) is 0. The first-order valence-electron chi connectivity index (χ1n) is 3.75. The standard InChI is InChI=1S/C7H12N4O/c1-3-4-5(8)10-7(9-2)11-6(4)12/h3H2,1-2H3,(H4,8,9,10,11,12). The first kappa shape index (κ1) is 8.58. The molecule has 0 aliphatic heterocycles. The molecule has 1 rings (SSSR count). The van der Waals surface area contributed by atoms with Crippen molar-refractivity contribution in [2.45, 2.75) is 13.3 Å². The van der Waals surface area contributed by atoms with E-state index in [9.17, 15) is 4.79 Å². The van der Waals surface area contributed by atoms with E-state index >= 15 is 0 Å². The van der Waals surface area contributed by atoms with Crippen molar-refractivity contribution in [3.05, 3.63) is 15.9 Å². The zero-order valence-corrected chi connectivity index (χ0v) is 7.14. The maximum Gasteiger partial charge on any atom is 0.257 e. The summed E-state index contributed by atoms with van der Waals surface area (Å²) in [7, 11) is 1.67. The number of hydrogen-bond acceptors (Lipinski definition) is 4. The average molecular weight is 168 g/mol. The number of nitrogens with two attached hydrogens (primary N) is 1. The molecule has 0 aliphatic rings. The first-order valence-corrected chi connectivity index (χ1v) is 3.75. The summed E-state index contributed by atoms with van der Waals surface area (Å²) in [6.07, 6.45) is 0.595. The number of nitrogens with one attached hydrogen (secondary N) is 2. The van der Waals surface area contributed by atoms with Crippen LogP contribution in [0.15, 0.2) is 4.79 Å². The number of nitrogen functional groups attached to an aromatic ring is 1. The molecule has 0 radical (unpaired) electrons. The number of hydrogen-bond donors (Lipinski definition) is 3. The van der Waals surface area contributed by atoms with Crippen molar-refractivity contribution in [3.63, 3.8) is 0 Å². The van der Waals surface area contributed by atoms with Gasteiger partial charge in [-0.25, -0.2) is 0 Å². The van der Waals surface area contributed by atoms with Crippen LogP contribution < -0.4 is 16.6 Å². The Hall–Kier alpha value is -1.52. The molecule has 66 valence electrons. The van der Waals surface area contributed by atoms with Gasteiger partial charge in [-0.05, 0) is 6.42 Å². The molecule has 0 aliphatic carbocycles. The van der Waals surface area contributed by atoms with Gasteiger partial charge in [0.15, 0.2) is 0 Å². The molecular formula is C7H12N4O. The van der Waals surface area contributed by atoms with Crippen LogP contribution in [0.25, 0.3) is 0 Å². The molecule has 1 aromatic rings. The number of anilines is 2. The molecule has 1 aromatic heterocycles. The second-order valence-electron chi connectivity index (χ2n) is 2.38. The zero-order valence-electron chi connectivity index (χ0n) is 7.14. The SMILES string of the molecule is CCc1c(N)nc(NC)[nH]c1=O. The van der Waals surface area contributed by atoms with E-state index < -0.39 is 0 Å². The third-order valence-corrected chi connectivity index (χ3v) is 1.64. The molecule has 12 heavy (non-hydrogen) atoms. The second kappa shape index (κ2) is 3.25. The van der Waals surface area contributed by atoms with Crippen LogP contribution in [0, 0.1) is 0 Å².